The van der Waals surface area contributed by atoms with Gasteiger partial charge in [-0.3, -0.25) is 9.48 Å². The molecule has 0 saturated heterocycles. The van der Waals surface area contributed by atoms with Crippen LogP contribution in [0.25, 0.3) is 0 Å². The van der Waals surface area contributed by atoms with E-state index in [2.05, 4.69) is 5.10 Å². The topological polar surface area (TPSA) is 61.9 Å². The van der Waals surface area contributed by atoms with Crippen molar-refractivity contribution in [2.75, 3.05) is 13.1 Å². The van der Waals surface area contributed by atoms with Crippen LogP contribution in [-0.4, -0.2) is 33.7 Å². The lowest BCUT2D eigenvalue weighted by atomic mass is 10.3. The Hall–Kier alpha value is -1.83. The molecule has 0 saturated carbocycles. The first-order valence-electron chi connectivity index (χ1n) is 4.85. The molecule has 0 aliphatic carbocycles. The maximum Gasteiger partial charge on any atom is 0.274 e. The molecule has 0 aliphatic heterocycles. The summed E-state index contributed by atoms with van der Waals surface area (Å²) in [5.41, 5.74) is 0.428. The van der Waals surface area contributed by atoms with Gasteiger partial charge < -0.3 is 4.90 Å². The highest BCUT2D eigenvalue weighted by Crippen LogP contribution is 2.02. The Bertz CT molecular complexity index is 377. The van der Waals surface area contributed by atoms with Crippen LogP contribution in [-0.2, 0) is 7.05 Å². The van der Waals surface area contributed by atoms with Crippen LogP contribution in [0.5, 0.6) is 0 Å². The second-order valence-corrected chi connectivity index (χ2v) is 3.17. The van der Waals surface area contributed by atoms with E-state index in [0.717, 1.165) is 0 Å². The van der Waals surface area contributed by atoms with Gasteiger partial charge in [-0.2, -0.15) is 10.4 Å². The van der Waals surface area contributed by atoms with Crippen LogP contribution in [0.15, 0.2) is 12.3 Å². The number of aryl methyl sites for hydroxylation is 1. The van der Waals surface area contributed by atoms with Gasteiger partial charge in [0.1, 0.15) is 5.69 Å². The van der Waals surface area contributed by atoms with Crippen molar-refractivity contribution in [1.82, 2.24) is 14.7 Å². The van der Waals surface area contributed by atoms with Crippen molar-refractivity contribution in [3.05, 3.63) is 18.0 Å². The molecule has 1 amide bonds. The van der Waals surface area contributed by atoms with Gasteiger partial charge in [0, 0.05) is 26.3 Å². The van der Waals surface area contributed by atoms with E-state index < -0.39 is 0 Å². The lowest BCUT2D eigenvalue weighted by molar-refractivity contribution is 0.0761. The number of hydrogen-bond acceptors (Lipinski definition) is 3. The van der Waals surface area contributed by atoms with Gasteiger partial charge in [-0.05, 0) is 13.0 Å². The average Bonchev–Trinajstić information content (AvgIpc) is 2.65. The maximum absolute atomic E-state index is 11.8. The van der Waals surface area contributed by atoms with Crippen LogP contribution in [0, 0.1) is 11.3 Å². The summed E-state index contributed by atoms with van der Waals surface area (Å²) in [6.07, 6.45) is 2.08. The summed E-state index contributed by atoms with van der Waals surface area (Å²) in [5, 5.41) is 12.5. The van der Waals surface area contributed by atoms with Crippen molar-refractivity contribution >= 4 is 5.91 Å². The van der Waals surface area contributed by atoms with E-state index in [9.17, 15) is 4.79 Å². The normalized spacial score (nSPS) is 9.67. The van der Waals surface area contributed by atoms with Gasteiger partial charge in [0.05, 0.1) is 12.5 Å². The van der Waals surface area contributed by atoms with Crippen molar-refractivity contribution in [3.63, 3.8) is 0 Å². The second-order valence-electron chi connectivity index (χ2n) is 3.17. The van der Waals surface area contributed by atoms with Gasteiger partial charge in [0.2, 0.25) is 0 Å². The first-order chi connectivity index (χ1) is 7.19. The molecule has 1 aromatic rings. The molecule has 1 aromatic heterocycles. The Morgan fingerprint density at radius 3 is 2.93 bits per heavy atom. The lowest BCUT2D eigenvalue weighted by Gasteiger charge is -2.17. The van der Waals surface area contributed by atoms with Crippen LogP contribution in [0.1, 0.15) is 23.8 Å². The predicted molar refractivity (Wildman–Crippen MR) is 55.0 cm³/mol. The molecule has 0 fully saturated rings. The smallest absolute Gasteiger partial charge is 0.274 e. The Labute approximate surface area is 88.9 Å². The Balaban J connectivity index is 2.69. The molecule has 0 aromatic carbocycles. The first kappa shape index (κ1) is 11.2. The minimum atomic E-state index is -0.117. The van der Waals surface area contributed by atoms with Gasteiger partial charge in [0.25, 0.3) is 5.91 Å². The summed E-state index contributed by atoms with van der Waals surface area (Å²) >= 11 is 0. The van der Waals surface area contributed by atoms with Gasteiger partial charge in [-0.25, -0.2) is 0 Å². The van der Waals surface area contributed by atoms with Crippen LogP contribution in [0.2, 0.25) is 0 Å². The zero-order valence-corrected chi connectivity index (χ0v) is 8.97. The van der Waals surface area contributed by atoms with Crippen molar-refractivity contribution in [2.24, 2.45) is 7.05 Å². The summed E-state index contributed by atoms with van der Waals surface area (Å²) in [6, 6.07) is 3.70. The molecule has 0 radical (unpaired) electrons. The van der Waals surface area contributed by atoms with Crippen LogP contribution in [0.4, 0.5) is 0 Å². The van der Waals surface area contributed by atoms with Crippen LogP contribution < -0.4 is 0 Å². The monoisotopic (exact) mass is 206 g/mol. The Morgan fingerprint density at radius 2 is 2.47 bits per heavy atom. The summed E-state index contributed by atoms with van der Waals surface area (Å²) < 4.78 is 1.59. The first-order valence-corrected chi connectivity index (χ1v) is 4.85. The zero-order valence-electron chi connectivity index (χ0n) is 8.97. The molecule has 0 aliphatic rings. The molecule has 5 heteroatoms. The molecular formula is C10H14N4O. The molecule has 0 atom stereocenters. The third-order valence-electron chi connectivity index (χ3n) is 2.10. The molecule has 5 nitrogen and oxygen atoms in total. The number of carbonyl (C=O) groups is 1. The standard InChI is InChI=1S/C10H14N4O/c1-3-14(7-4-6-11)10(15)9-5-8-13(2)12-9/h5,8H,3-4,7H2,1-2H3. The fourth-order valence-corrected chi connectivity index (χ4v) is 1.28. The largest absolute Gasteiger partial charge is 0.337 e. The minimum Gasteiger partial charge on any atom is -0.337 e. The van der Waals surface area contributed by atoms with E-state index in [1.54, 1.807) is 28.9 Å². The summed E-state index contributed by atoms with van der Waals surface area (Å²) in [6.45, 7) is 2.94. The second kappa shape index (κ2) is 5.15. The molecule has 0 bridgehead atoms. The summed E-state index contributed by atoms with van der Waals surface area (Å²) in [7, 11) is 1.77. The highest BCUT2D eigenvalue weighted by Gasteiger charge is 2.15. The number of hydrogen-bond donors (Lipinski definition) is 0. The van der Waals surface area contributed by atoms with E-state index in [1.807, 2.05) is 13.0 Å². The van der Waals surface area contributed by atoms with Crippen LogP contribution >= 0.6 is 0 Å². The Kier molecular flexibility index (Phi) is 3.86. The number of nitriles is 1. The molecule has 0 N–H and O–H groups in total. The molecule has 80 valence electrons. The third-order valence-corrected chi connectivity index (χ3v) is 2.10. The fraction of sp³-hybridized carbons (Fsp3) is 0.500. The van der Waals surface area contributed by atoms with Gasteiger partial charge in [-0.1, -0.05) is 0 Å². The highest BCUT2D eigenvalue weighted by atomic mass is 16.2. The van der Waals surface area contributed by atoms with E-state index in [4.69, 9.17) is 5.26 Å². The lowest BCUT2D eigenvalue weighted by Crippen LogP contribution is -2.32. The highest BCUT2D eigenvalue weighted by molar-refractivity contribution is 5.92. The molecule has 0 unspecified atom stereocenters. The number of carbonyl (C=O) groups excluding carboxylic acids is 1. The predicted octanol–water partition coefficient (Wildman–Crippen LogP) is 0.796. The average molecular weight is 206 g/mol. The molecular weight excluding hydrogens is 192 g/mol. The molecule has 0 spiro atoms. The number of aromatic nitrogens is 2. The SMILES string of the molecule is CCN(CCC#N)C(=O)c1ccn(C)n1. The van der Waals surface area contributed by atoms with E-state index in [1.165, 1.54) is 0 Å². The quantitative estimate of drug-likeness (QED) is 0.731. The van der Waals surface area contributed by atoms with Crippen molar-refractivity contribution < 1.29 is 4.79 Å². The number of rotatable bonds is 4. The molecule has 1 heterocycles. The van der Waals surface area contributed by atoms with Crippen molar-refractivity contribution in [1.29, 1.82) is 5.26 Å². The molecule has 1 rings (SSSR count). The number of amides is 1. The summed E-state index contributed by atoms with van der Waals surface area (Å²) in [5.74, 6) is -0.117. The van der Waals surface area contributed by atoms with E-state index in [-0.39, 0.29) is 5.91 Å². The minimum absolute atomic E-state index is 0.117. The van der Waals surface area contributed by atoms with E-state index in [0.29, 0.717) is 25.2 Å². The van der Waals surface area contributed by atoms with Gasteiger partial charge in [0.15, 0.2) is 0 Å². The fourth-order valence-electron chi connectivity index (χ4n) is 1.28. The number of nitrogens with zero attached hydrogens (tertiary/aromatic N) is 4. The third kappa shape index (κ3) is 2.81. The van der Waals surface area contributed by atoms with Gasteiger partial charge in [-0.15, -0.1) is 0 Å². The maximum atomic E-state index is 11.8. The van der Waals surface area contributed by atoms with Crippen molar-refractivity contribution in [3.8, 4) is 6.07 Å². The van der Waals surface area contributed by atoms with Gasteiger partial charge >= 0.3 is 0 Å². The van der Waals surface area contributed by atoms with E-state index >= 15 is 0 Å². The van der Waals surface area contributed by atoms with Crippen LogP contribution in [0.3, 0.4) is 0 Å². The Morgan fingerprint density at radius 1 is 1.73 bits per heavy atom. The summed E-state index contributed by atoms with van der Waals surface area (Å²) in [4.78, 5) is 13.5. The van der Waals surface area contributed by atoms with Crippen molar-refractivity contribution in [2.45, 2.75) is 13.3 Å². The molecule has 15 heavy (non-hydrogen) atoms. The zero-order chi connectivity index (χ0) is 11.3.